The van der Waals surface area contributed by atoms with Gasteiger partial charge < -0.3 is 4.74 Å². The number of alkyl halides is 1. The molecule has 2 aromatic rings. The zero-order valence-electron chi connectivity index (χ0n) is 9.55. The first-order chi connectivity index (χ1) is 9.10. The highest BCUT2D eigenvalue weighted by molar-refractivity contribution is 6.17. The number of rotatable bonds is 4. The molecule has 0 spiro atoms. The van der Waals surface area contributed by atoms with Gasteiger partial charge in [0.05, 0.1) is 4.92 Å². The summed E-state index contributed by atoms with van der Waals surface area (Å²) in [5.41, 5.74) is 0.224. The van der Waals surface area contributed by atoms with Crippen LogP contribution in [0.5, 0.6) is 11.6 Å². The van der Waals surface area contributed by atoms with Gasteiger partial charge in [-0.2, -0.15) is 4.39 Å². The van der Waals surface area contributed by atoms with Crippen molar-refractivity contribution in [1.82, 2.24) is 4.98 Å². The number of halogens is 2. The zero-order valence-corrected chi connectivity index (χ0v) is 10.3. The normalized spacial score (nSPS) is 10.2. The molecule has 5 nitrogen and oxygen atoms in total. The van der Waals surface area contributed by atoms with Crippen LogP contribution in [0.15, 0.2) is 36.5 Å². The van der Waals surface area contributed by atoms with Crippen LogP contribution in [0.4, 0.5) is 10.1 Å². The summed E-state index contributed by atoms with van der Waals surface area (Å²) >= 11 is 5.61. The van der Waals surface area contributed by atoms with E-state index in [0.29, 0.717) is 5.88 Å². The number of nitrogens with zero attached hydrogens (tertiary/aromatic N) is 2. The molecule has 1 aromatic carbocycles. The summed E-state index contributed by atoms with van der Waals surface area (Å²) in [7, 11) is 0. The van der Waals surface area contributed by atoms with Crippen LogP contribution in [0.25, 0.3) is 0 Å². The van der Waals surface area contributed by atoms with Crippen LogP contribution in [0.2, 0.25) is 0 Å². The summed E-state index contributed by atoms with van der Waals surface area (Å²) in [6.07, 6.45) is 1.53. The molecule has 1 heterocycles. The second kappa shape index (κ2) is 5.62. The molecule has 19 heavy (non-hydrogen) atoms. The second-order valence-electron chi connectivity index (χ2n) is 3.61. The number of nitro benzene ring substituents is 1. The van der Waals surface area contributed by atoms with Crippen molar-refractivity contribution >= 4 is 17.3 Å². The van der Waals surface area contributed by atoms with E-state index in [-0.39, 0.29) is 11.6 Å². The number of ether oxygens (including phenoxy) is 1. The highest BCUT2D eigenvalue weighted by Crippen LogP contribution is 2.25. The molecular weight excluding hydrogens is 275 g/mol. The first-order valence-electron chi connectivity index (χ1n) is 5.23. The molecule has 0 saturated carbocycles. The molecule has 0 amide bonds. The van der Waals surface area contributed by atoms with Gasteiger partial charge >= 0.3 is 5.69 Å². The Morgan fingerprint density at radius 1 is 1.37 bits per heavy atom. The van der Waals surface area contributed by atoms with Crippen LogP contribution in [0, 0.1) is 15.9 Å². The third-order valence-electron chi connectivity index (χ3n) is 2.29. The van der Waals surface area contributed by atoms with Crippen LogP contribution in [-0.4, -0.2) is 9.91 Å². The molecule has 0 atom stereocenters. The minimum atomic E-state index is -0.958. The Balaban J connectivity index is 2.18. The molecule has 0 aliphatic heterocycles. The van der Waals surface area contributed by atoms with Gasteiger partial charge in [0.15, 0.2) is 0 Å². The lowest BCUT2D eigenvalue weighted by atomic mass is 10.3. The number of hydrogen-bond acceptors (Lipinski definition) is 4. The van der Waals surface area contributed by atoms with Crippen molar-refractivity contribution in [2.75, 3.05) is 0 Å². The molecule has 7 heteroatoms. The predicted molar refractivity (Wildman–Crippen MR) is 66.9 cm³/mol. The van der Waals surface area contributed by atoms with Gasteiger partial charge in [-0.15, -0.1) is 11.6 Å². The molecule has 0 bridgehead atoms. The molecule has 1 aromatic heterocycles. The van der Waals surface area contributed by atoms with Crippen molar-refractivity contribution in [2.24, 2.45) is 0 Å². The number of pyridine rings is 1. The van der Waals surface area contributed by atoms with E-state index in [2.05, 4.69) is 4.98 Å². The van der Waals surface area contributed by atoms with Crippen molar-refractivity contribution in [3.05, 3.63) is 58.0 Å². The molecule has 98 valence electrons. The van der Waals surface area contributed by atoms with Gasteiger partial charge in [-0.1, -0.05) is 6.07 Å². The van der Waals surface area contributed by atoms with Crippen molar-refractivity contribution in [1.29, 1.82) is 0 Å². The minimum absolute atomic E-state index is 0.134. The molecule has 0 fully saturated rings. The van der Waals surface area contributed by atoms with Crippen molar-refractivity contribution in [3.63, 3.8) is 0 Å². The smallest absolute Gasteiger partial charge is 0.305 e. The number of nitro groups is 1. The molecule has 2 rings (SSSR count). The lowest BCUT2D eigenvalue weighted by Crippen LogP contribution is -1.94. The van der Waals surface area contributed by atoms with Gasteiger partial charge in [0, 0.05) is 30.3 Å². The largest absolute Gasteiger partial charge is 0.439 e. The highest BCUT2D eigenvalue weighted by atomic mass is 35.5. The third-order valence-corrected chi connectivity index (χ3v) is 2.60. The average Bonchev–Trinajstić information content (AvgIpc) is 2.39. The van der Waals surface area contributed by atoms with E-state index in [4.69, 9.17) is 16.3 Å². The number of hydrogen-bond donors (Lipinski definition) is 0. The van der Waals surface area contributed by atoms with E-state index in [1.165, 1.54) is 12.3 Å². The molecule has 0 saturated heterocycles. The Bertz CT molecular complexity index is 604. The first kappa shape index (κ1) is 13.2. The van der Waals surface area contributed by atoms with Crippen LogP contribution in [-0.2, 0) is 5.88 Å². The fraction of sp³-hybridized carbons (Fsp3) is 0.0833. The fourth-order valence-electron chi connectivity index (χ4n) is 1.37. The molecular formula is C12H8ClFN2O3. The van der Waals surface area contributed by atoms with Gasteiger partial charge in [-0.3, -0.25) is 10.1 Å². The Labute approximate surface area is 112 Å². The molecule has 0 aliphatic rings. The van der Waals surface area contributed by atoms with Crippen LogP contribution in [0.1, 0.15) is 5.56 Å². The van der Waals surface area contributed by atoms with Gasteiger partial charge in [-0.25, -0.2) is 4.98 Å². The molecule has 0 unspecified atom stereocenters. The zero-order chi connectivity index (χ0) is 13.8. The van der Waals surface area contributed by atoms with Crippen molar-refractivity contribution in [2.45, 2.75) is 5.88 Å². The Kier molecular flexibility index (Phi) is 3.91. The van der Waals surface area contributed by atoms with Gasteiger partial charge in [0.2, 0.25) is 11.7 Å². The van der Waals surface area contributed by atoms with E-state index in [1.807, 2.05) is 0 Å². The average molecular weight is 283 g/mol. The Morgan fingerprint density at radius 3 is 2.68 bits per heavy atom. The van der Waals surface area contributed by atoms with Crippen LogP contribution in [0.3, 0.4) is 0 Å². The summed E-state index contributed by atoms with van der Waals surface area (Å²) in [4.78, 5) is 13.6. The van der Waals surface area contributed by atoms with Gasteiger partial charge in [0.1, 0.15) is 5.75 Å². The summed E-state index contributed by atoms with van der Waals surface area (Å²) in [6.45, 7) is 0. The van der Waals surface area contributed by atoms with Crippen LogP contribution >= 0.6 is 11.6 Å². The quantitative estimate of drug-likeness (QED) is 0.487. The van der Waals surface area contributed by atoms with Crippen molar-refractivity contribution < 1.29 is 14.1 Å². The lowest BCUT2D eigenvalue weighted by molar-refractivity contribution is -0.387. The summed E-state index contributed by atoms with van der Waals surface area (Å²) in [5, 5.41) is 10.5. The van der Waals surface area contributed by atoms with E-state index in [9.17, 15) is 14.5 Å². The number of aromatic nitrogens is 1. The van der Waals surface area contributed by atoms with E-state index >= 15 is 0 Å². The summed E-state index contributed by atoms with van der Waals surface area (Å²) in [5.74, 6) is -0.240. The standard InChI is InChI=1S/C12H8ClFN2O3/c13-6-8-1-4-12(15-7-8)19-9-2-3-11(16(17)18)10(14)5-9/h1-5,7H,6H2. The lowest BCUT2D eigenvalue weighted by Gasteiger charge is -2.05. The number of benzene rings is 1. The molecule has 0 N–H and O–H groups in total. The van der Waals surface area contributed by atoms with Gasteiger partial charge in [0.25, 0.3) is 0 Å². The van der Waals surface area contributed by atoms with E-state index in [1.54, 1.807) is 12.1 Å². The fourth-order valence-corrected chi connectivity index (χ4v) is 1.53. The third kappa shape index (κ3) is 3.17. The maximum absolute atomic E-state index is 13.4. The van der Waals surface area contributed by atoms with Gasteiger partial charge in [-0.05, 0) is 11.6 Å². The topological polar surface area (TPSA) is 65.3 Å². The van der Waals surface area contributed by atoms with E-state index in [0.717, 1.165) is 17.7 Å². The summed E-state index contributed by atoms with van der Waals surface area (Å²) in [6, 6.07) is 6.58. The maximum Gasteiger partial charge on any atom is 0.305 e. The molecule has 0 radical (unpaired) electrons. The monoisotopic (exact) mass is 282 g/mol. The highest BCUT2D eigenvalue weighted by Gasteiger charge is 2.14. The Hall–Kier alpha value is -2.21. The molecule has 0 aliphatic carbocycles. The minimum Gasteiger partial charge on any atom is -0.439 e. The van der Waals surface area contributed by atoms with Crippen LogP contribution < -0.4 is 4.74 Å². The SMILES string of the molecule is O=[N+]([O-])c1ccc(Oc2ccc(CCl)cn2)cc1F. The summed E-state index contributed by atoms with van der Waals surface area (Å²) < 4.78 is 18.6. The van der Waals surface area contributed by atoms with Crippen molar-refractivity contribution in [3.8, 4) is 11.6 Å². The maximum atomic E-state index is 13.4. The van der Waals surface area contributed by atoms with E-state index < -0.39 is 16.4 Å². The predicted octanol–water partition coefficient (Wildman–Crippen LogP) is 3.66. The Morgan fingerprint density at radius 2 is 2.16 bits per heavy atom. The first-order valence-corrected chi connectivity index (χ1v) is 5.76. The second-order valence-corrected chi connectivity index (χ2v) is 3.88.